The smallest absolute Gasteiger partial charge is 0.328 e. The first-order valence-corrected chi connectivity index (χ1v) is 13.2. The Kier molecular flexibility index (Phi) is 6.68. The van der Waals surface area contributed by atoms with E-state index in [2.05, 4.69) is 30.9 Å². The van der Waals surface area contributed by atoms with Crippen LogP contribution in [0.15, 0.2) is 47.7 Å². The van der Waals surface area contributed by atoms with Crippen LogP contribution in [0.4, 0.5) is 0 Å². The quantitative estimate of drug-likeness (QED) is 0.359. The number of carboxylic acid groups (broad SMARTS) is 1. The molecule has 35 heavy (non-hydrogen) atoms. The van der Waals surface area contributed by atoms with Crippen molar-refractivity contribution in [2.75, 3.05) is 0 Å². The van der Waals surface area contributed by atoms with Crippen LogP contribution in [0.2, 0.25) is 10.0 Å². The van der Waals surface area contributed by atoms with Gasteiger partial charge in [0.15, 0.2) is 11.8 Å². The molecule has 0 bridgehead atoms. The normalized spacial score (nSPS) is 21.3. The lowest BCUT2D eigenvalue weighted by molar-refractivity contribution is -0.138. The van der Waals surface area contributed by atoms with Crippen molar-refractivity contribution in [3.05, 3.63) is 58.3 Å². The van der Waals surface area contributed by atoms with Crippen LogP contribution in [0, 0.1) is 5.41 Å². The first-order chi connectivity index (χ1) is 16.8. The molecule has 0 radical (unpaired) electrons. The molecule has 2 aromatic heterocycles. The summed E-state index contributed by atoms with van der Waals surface area (Å²) in [5, 5.41) is 11.6. The van der Waals surface area contributed by atoms with Crippen molar-refractivity contribution < 1.29 is 14.7 Å². The van der Waals surface area contributed by atoms with Crippen molar-refractivity contribution in [3.8, 4) is 11.3 Å². The van der Waals surface area contributed by atoms with Crippen LogP contribution in [-0.4, -0.2) is 43.4 Å². The van der Waals surface area contributed by atoms with Crippen molar-refractivity contribution >= 4 is 67.5 Å². The molecule has 2 aliphatic carbocycles. The maximum atomic E-state index is 12.7. The lowest BCUT2D eigenvalue weighted by Crippen LogP contribution is -2.61. The number of rotatable bonds is 5. The zero-order valence-corrected chi connectivity index (χ0v) is 21.8. The van der Waals surface area contributed by atoms with Crippen LogP contribution < -0.4 is 0 Å². The number of benzene rings is 1. The summed E-state index contributed by atoms with van der Waals surface area (Å²) >= 11 is 16.0. The fourth-order valence-electron chi connectivity index (χ4n) is 5.18. The Balaban J connectivity index is 1.43. The first-order valence-electron chi connectivity index (χ1n) is 11.5. The summed E-state index contributed by atoms with van der Waals surface area (Å²) in [7, 11) is 0. The number of halogens is 3. The molecule has 2 aliphatic rings. The van der Waals surface area contributed by atoms with Gasteiger partial charge in [0, 0.05) is 35.5 Å². The molecule has 0 amide bonds. The van der Waals surface area contributed by atoms with Gasteiger partial charge in [-0.3, -0.25) is 14.8 Å². The Labute approximate surface area is 220 Å². The molecule has 2 heterocycles. The number of Topliss-reactive ketones (excluding diaryl/α,β-unsaturated/α-hetero) is 1. The van der Waals surface area contributed by atoms with Crippen LogP contribution in [0.25, 0.3) is 22.2 Å². The highest BCUT2D eigenvalue weighted by molar-refractivity contribution is 9.10. The fourth-order valence-corrected chi connectivity index (χ4v) is 6.73. The number of pyridine rings is 2. The Morgan fingerprint density at radius 2 is 1.86 bits per heavy atom. The Morgan fingerprint density at radius 1 is 1.14 bits per heavy atom. The number of aromatic nitrogens is 2. The van der Waals surface area contributed by atoms with Gasteiger partial charge in [-0.1, -0.05) is 70.5 Å². The summed E-state index contributed by atoms with van der Waals surface area (Å²) in [5.41, 5.74) is 2.95. The van der Waals surface area contributed by atoms with Gasteiger partial charge in [0.05, 0.1) is 26.7 Å². The zero-order valence-electron chi connectivity index (χ0n) is 18.7. The van der Waals surface area contributed by atoms with E-state index in [0.29, 0.717) is 27.0 Å². The number of aliphatic carboxylic acids is 1. The van der Waals surface area contributed by atoms with Gasteiger partial charge in [-0.2, -0.15) is 0 Å². The molecular weight excluding hydrogens is 553 g/mol. The minimum Gasteiger partial charge on any atom is -0.480 e. The number of hydrogen-bond donors (Lipinski definition) is 1. The van der Waals surface area contributed by atoms with Gasteiger partial charge in [-0.15, -0.1) is 0 Å². The number of ketones is 1. The molecule has 3 aromatic rings. The SMILES string of the molecule is O=C(O)[C@H](Cc1ccc2nc(-c3c(Cl)cncc3Cl)ccc2c1)N=C1C(Br)C(=O)C12CCCCC2. The maximum Gasteiger partial charge on any atom is 0.328 e. The van der Waals surface area contributed by atoms with Crippen molar-refractivity contribution in [1.29, 1.82) is 0 Å². The second-order valence-electron chi connectivity index (χ2n) is 9.14. The second-order valence-corrected chi connectivity index (χ2v) is 10.9. The Bertz CT molecular complexity index is 1350. The van der Waals surface area contributed by atoms with Crippen LogP contribution in [0.3, 0.4) is 0 Å². The lowest BCUT2D eigenvalue weighted by atomic mass is 9.58. The highest BCUT2D eigenvalue weighted by Crippen LogP contribution is 2.49. The van der Waals surface area contributed by atoms with Crippen molar-refractivity contribution in [3.63, 3.8) is 0 Å². The Morgan fingerprint density at radius 3 is 2.54 bits per heavy atom. The summed E-state index contributed by atoms with van der Waals surface area (Å²) in [5.74, 6) is -0.861. The predicted octanol–water partition coefficient (Wildman–Crippen LogP) is 6.34. The topological polar surface area (TPSA) is 92.5 Å². The standard InChI is InChI=1S/C26H22BrCl2N3O3/c27-22-23(26(24(22)33)8-2-1-3-9-26)32-20(25(34)35)11-14-4-6-18-15(10-14)5-7-19(31-18)21-16(28)12-30-13-17(21)29/h4-7,10,12-13,20,22H,1-3,8-9,11H2,(H,34,35)/t20-,22?/m0/s1. The van der Waals surface area contributed by atoms with E-state index in [4.69, 9.17) is 23.2 Å². The van der Waals surface area contributed by atoms with E-state index in [1.165, 1.54) is 12.4 Å². The molecule has 1 aromatic carbocycles. The number of fused-ring (bicyclic) bond motifs is 1. The van der Waals surface area contributed by atoms with Gasteiger partial charge in [0.25, 0.3) is 0 Å². The van der Waals surface area contributed by atoms with Crippen molar-refractivity contribution in [2.24, 2.45) is 10.4 Å². The number of carboxylic acids is 1. The number of carbonyl (C=O) groups is 2. The third-order valence-corrected chi connectivity index (χ3v) is 8.43. The third-order valence-electron chi connectivity index (χ3n) is 7.01. The van der Waals surface area contributed by atoms with Gasteiger partial charge >= 0.3 is 5.97 Å². The molecule has 2 saturated carbocycles. The number of hydrogen-bond acceptors (Lipinski definition) is 5. The summed E-state index contributed by atoms with van der Waals surface area (Å²) in [4.78, 5) is 37.6. The molecule has 2 atom stereocenters. The van der Waals surface area contributed by atoms with E-state index in [9.17, 15) is 14.7 Å². The minimum atomic E-state index is -1.00. The molecule has 180 valence electrons. The molecule has 1 spiro atoms. The van der Waals surface area contributed by atoms with E-state index < -0.39 is 22.3 Å². The van der Waals surface area contributed by atoms with Crippen LogP contribution in [0.1, 0.15) is 37.7 Å². The van der Waals surface area contributed by atoms with Crippen molar-refractivity contribution in [1.82, 2.24) is 9.97 Å². The molecular formula is C26H22BrCl2N3O3. The van der Waals surface area contributed by atoms with Crippen LogP contribution in [-0.2, 0) is 16.0 Å². The van der Waals surface area contributed by atoms with Gasteiger partial charge in [0.1, 0.15) is 4.83 Å². The summed E-state index contributed by atoms with van der Waals surface area (Å²) in [6, 6.07) is 8.41. The van der Waals surface area contributed by atoms with E-state index in [0.717, 1.165) is 48.6 Å². The molecule has 0 aliphatic heterocycles. The number of alkyl halides is 1. The van der Waals surface area contributed by atoms with Gasteiger partial charge in [0.2, 0.25) is 0 Å². The highest BCUT2D eigenvalue weighted by Gasteiger charge is 2.58. The number of carbonyl (C=O) groups excluding carboxylic acids is 1. The third kappa shape index (κ3) is 4.39. The van der Waals surface area contributed by atoms with E-state index in [-0.39, 0.29) is 12.2 Å². The molecule has 9 heteroatoms. The minimum absolute atomic E-state index is 0.141. The highest BCUT2D eigenvalue weighted by atomic mass is 79.9. The molecule has 2 fully saturated rings. The number of nitrogens with zero attached hydrogens (tertiary/aromatic N) is 3. The molecule has 5 rings (SSSR count). The monoisotopic (exact) mass is 573 g/mol. The predicted molar refractivity (Wildman–Crippen MR) is 141 cm³/mol. The van der Waals surface area contributed by atoms with E-state index in [1.54, 1.807) is 0 Å². The first kappa shape index (κ1) is 24.3. The lowest BCUT2D eigenvalue weighted by Gasteiger charge is -2.47. The molecule has 0 saturated heterocycles. The fraction of sp³-hybridized carbons (Fsp3) is 0.346. The number of aliphatic imine (C=N–C) groups is 1. The summed E-state index contributed by atoms with van der Waals surface area (Å²) in [6.45, 7) is 0. The Hall–Kier alpha value is -2.35. The molecule has 1 unspecified atom stereocenters. The largest absolute Gasteiger partial charge is 0.480 e. The van der Waals surface area contributed by atoms with E-state index >= 15 is 0 Å². The van der Waals surface area contributed by atoms with Gasteiger partial charge in [-0.05, 0) is 36.6 Å². The van der Waals surface area contributed by atoms with Gasteiger partial charge in [-0.25, -0.2) is 9.78 Å². The average Bonchev–Trinajstić information content (AvgIpc) is 2.86. The average molecular weight is 575 g/mol. The van der Waals surface area contributed by atoms with Crippen LogP contribution >= 0.6 is 39.1 Å². The summed E-state index contributed by atoms with van der Waals surface area (Å²) in [6.07, 6.45) is 7.83. The van der Waals surface area contributed by atoms with Crippen LogP contribution in [0.5, 0.6) is 0 Å². The summed E-state index contributed by atoms with van der Waals surface area (Å²) < 4.78 is 0. The molecule has 6 nitrogen and oxygen atoms in total. The maximum absolute atomic E-state index is 12.7. The second kappa shape index (κ2) is 9.60. The molecule has 1 N–H and O–H groups in total. The van der Waals surface area contributed by atoms with E-state index in [1.807, 2.05) is 30.3 Å². The van der Waals surface area contributed by atoms with Gasteiger partial charge < -0.3 is 5.11 Å². The zero-order chi connectivity index (χ0) is 24.7. The van der Waals surface area contributed by atoms with Crippen molar-refractivity contribution in [2.45, 2.75) is 49.4 Å².